The number of hydrogen-bond donors (Lipinski definition) is 1. The largest absolute Gasteiger partial charge is 0.505 e. The molecule has 0 aliphatic heterocycles. The number of fused-ring (bicyclic) bond motifs is 2. The molecule has 4 rings (SSSR count). The van der Waals surface area contributed by atoms with Gasteiger partial charge in [-0.05, 0) is 53.9 Å². The predicted octanol–water partition coefficient (Wildman–Crippen LogP) is 7.65. The molecule has 0 saturated carbocycles. The summed E-state index contributed by atoms with van der Waals surface area (Å²) in [6.45, 7) is 6.07. The van der Waals surface area contributed by atoms with Crippen LogP contribution in [0.4, 0.5) is 22.7 Å². The van der Waals surface area contributed by atoms with Gasteiger partial charge < -0.3 is 10.0 Å². The van der Waals surface area contributed by atoms with Crippen LogP contribution in [0, 0.1) is 10.1 Å². The minimum atomic E-state index is -0.456. The topological polar surface area (TPSA) is 91.3 Å². The van der Waals surface area contributed by atoms with Gasteiger partial charge in [0.1, 0.15) is 5.69 Å². The summed E-state index contributed by atoms with van der Waals surface area (Å²) in [5, 5.41) is 34.4. The molecule has 0 aliphatic rings. The summed E-state index contributed by atoms with van der Waals surface area (Å²) in [6.07, 6.45) is 1.99. The van der Waals surface area contributed by atoms with Crippen molar-refractivity contribution in [1.29, 1.82) is 0 Å². The SMILES string of the molecule is CCCN(CCC)c1cc(N=Nc2ccc([N+](=O)[O-])cc2)c(O)c2cc3ccccc3cc12. The second-order valence-corrected chi connectivity index (χ2v) is 7.97. The Hall–Kier alpha value is -4.00. The summed E-state index contributed by atoms with van der Waals surface area (Å²) >= 11 is 0. The van der Waals surface area contributed by atoms with Crippen LogP contribution in [0.3, 0.4) is 0 Å². The summed E-state index contributed by atoms with van der Waals surface area (Å²) in [5.74, 6) is 0.0677. The summed E-state index contributed by atoms with van der Waals surface area (Å²) in [6, 6.07) is 19.9. The zero-order chi connectivity index (χ0) is 23.4. The maximum absolute atomic E-state index is 11.1. The second-order valence-electron chi connectivity index (χ2n) is 7.97. The zero-order valence-electron chi connectivity index (χ0n) is 18.7. The lowest BCUT2D eigenvalue weighted by Gasteiger charge is -2.26. The summed E-state index contributed by atoms with van der Waals surface area (Å²) in [5.41, 5.74) is 1.84. The van der Waals surface area contributed by atoms with E-state index in [1.54, 1.807) is 0 Å². The van der Waals surface area contributed by atoms with Gasteiger partial charge in [-0.15, -0.1) is 5.11 Å². The Morgan fingerprint density at radius 2 is 1.48 bits per heavy atom. The molecule has 4 aromatic rings. The molecule has 0 amide bonds. The number of anilines is 1. The number of non-ortho nitro benzene ring substituents is 1. The molecule has 7 heteroatoms. The number of phenolic OH excluding ortho intramolecular Hbond substituents is 1. The fraction of sp³-hybridized carbons (Fsp3) is 0.231. The smallest absolute Gasteiger partial charge is 0.269 e. The normalized spacial score (nSPS) is 11.5. The number of nitro groups is 1. The van der Waals surface area contributed by atoms with Crippen LogP contribution in [0.1, 0.15) is 26.7 Å². The van der Waals surface area contributed by atoms with Crippen molar-refractivity contribution in [2.45, 2.75) is 26.7 Å². The van der Waals surface area contributed by atoms with Gasteiger partial charge in [0, 0.05) is 41.7 Å². The number of rotatable bonds is 8. The highest BCUT2D eigenvalue weighted by Crippen LogP contribution is 2.43. The number of phenols is 1. The van der Waals surface area contributed by atoms with Crippen LogP contribution in [0.15, 0.2) is 77.0 Å². The summed E-state index contributed by atoms with van der Waals surface area (Å²) in [7, 11) is 0. The minimum Gasteiger partial charge on any atom is -0.505 e. The number of aromatic hydroxyl groups is 1. The third kappa shape index (κ3) is 4.62. The summed E-state index contributed by atoms with van der Waals surface area (Å²) < 4.78 is 0. The van der Waals surface area contributed by atoms with E-state index in [0.29, 0.717) is 11.4 Å². The first-order chi connectivity index (χ1) is 16.0. The molecule has 0 atom stereocenters. The van der Waals surface area contributed by atoms with Gasteiger partial charge in [0.05, 0.1) is 10.6 Å². The van der Waals surface area contributed by atoms with E-state index in [1.165, 1.54) is 24.3 Å². The van der Waals surface area contributed by atoms with E-state index in [1.807, 2.05) is 30.3 Å². The van der Waals surface area contributed by atoms with Crippen LogP contribution in [-0.4, -0.2) is 23.1 Å². The highest BCUT2D eigenvalue weighted by Gasteiger charge is 2.17. The van der Waals surface area contributed by atoms with E-state index < -0.39 is 4.92 Å². The van der Waals surface area contributed by atoms with Gasteiger partial charge in [-0.1, -0.05) is 38.1 Å². The first kappa shape index (κ1) is 22.2. The molecule has 0 aliphatic carbocycles. The first-order valence-corrected chi connectivity index (χ1v) is 11.1. The predicted molar refractivity (Wildman–Crippen MR) is 133 cm³/mol. The van der Waals surface area contributed by atoms with Gasteiger partial charge in [-0.3, -0.25) is 10.1 Å². The van der Waals surface area contributed by atoms with Crippen molar-refractivity contribution in [2.24, 2.45) is 10.2 Å². The third-order valence-electron chi connectivity index (χ3n) is 5.59. The standard InChI is InChI=1S/C26H26N4O3/c1-3-13-29(14-4-2)25-17-24(28-27-20-9-11-21(12-10-20)30(32)33)26(31)23-16-19-8-6-5-7-18(19)15-22(23)25/h5-12,15-17,31H,3-4,13-14H2,1-2H3. The highest BCUT2D eigenvalue weighted by atomic mass is 16.6. The van der Waals surface area contributed by atoms with E-state index in [4.69, 9.17) is 0 Å². The molecular weight excluding hydrogens is 416 g/mol. The maximum Gasteiger partial charge on any atom is 0.269 e. The van der Waals surface area contributed by atoms with Gasteiger partial charge in [-0.25, -0.2) is 0 Å². The van der Waals surface area contributed by atoms with Crippen molar-refractivity contribution in [3.05, 3.63) is 76.8 Å². The lowest BCUT2D eigenvalue weighted by molar-refractivity contribution is -0.384. The van der Waals surface area contributed by atoms with E-state index in [9.17, 15) is 15.2 Å². The van der Waals surface area contributed by atoms with Crippen molar-refractivity contribution in [2.75, 3.05) is 18.0 Å². The quantitative estimate of drug-likeness (QED) is 0.131. The molecule has 33 heavy (non-hydrogen) atoms. The molecule has 7 nitrogen and oxygen atoms in total. The Morgan fingerprint density at radius 1 is 0.879 bits per heavy atom. The molecule has 4 aromatic carbocycles. The Kier molecular flexibility index (Phi) is 6.49. The van der Waals surface area contributed by atoms with Crippen LogP contribution in [0.5, 0.6) is 5.75 Å². The molecule has 1 N–H and O–H groups in total. The van der Waals surface area contributed by atoms with E-state index in [0.717, 1.165) is 53.2 Å². The first-order valence-electron chi connectivity index (χ1n) is 11.1. The van der Waals surface area contributed by atoms with Crippen LogP contribution in [0.2, 0.25) is 0 Å². The third-order valence-corrected chi connectivity index (χ3v) is 5.59. The fourth-order valence-electron chi connectivity index (χ4n) is 4.04. The molecule has 0 unspecified atom stereocenters. The Labute approximate surface area is 192 Å². The Balaban J connectivity index is 1.87. The fourth-order valence-corrected chi connectivity index (χ4v) is 4.04. The van der Waals surface area contributed by atoms with Crippen LogP contribution in [0.25, 0.3) is 21.5 Å². The van der Waals surface area contributed by atoms with Gasteiger partial charge >= 0.3 is 0 Å². The number of hydrogen-bond acceptors (Lipinski definition) is 6. The molecule has 168 valence electrons. The molecule has 0 aromatic heterocycles. The monoisotopic (exact) mass is 442 g/mol. The van der Waals surface area contributed by atoms with Crippen LogP contribution >= 0.6 is 0 Å². The average Bonchev–Trinajstić information content (AvgIpc) is 2.83. The number of nitrogens with zero attached hydrogens (tertiary/aromatic N) is 4. The number of benzene rings is 4. The average molecular weight is 443 g/mol. The molecule has 0 bridgehead atoms. The van der Waals surface area contributed by atoms with E-state index >= 15 is 0 Å². The molecule has 0 spiro atoms. The molecule has 0 fully saturated rings. The zero-order valence-corrected chi connectivity index (χ0v) is 18.7. The van der Waals surface area contributed by atoms with Crippen molar-refractivity contribution in [3.63, 3.8) is 0 Å². The van der Waals surface area contributed by atoms with Crippen LogP contribution < -0.4 is 4.90 Å². The molecule has 0 saturated heterocycles. The molecule has 0 radical (unpaired) electrons. The van der Waals surface area contributed by atoms with Crippen molar-refractivity contribution >= 4 is 44.3 Å². The van der Waals surface area contributed by atoms with Crippen molar-refractivity contribution in [3.8, 4) is 5.75 Å². The number of nitro benzene ring substituents is 1. The second kappa shape index (κ2) is 9.65. The van der Waals surface area contributed by atoms with Crippen LogP contribution in [-0.2, 0) is 0 Å². The molecule has 0 heterocycles. The van der Waals surface area contributed by atoms with Gasteiger partial charge in [0.2, 0.25) is 0 Å². The van der Waals surface area contributed by atoms with Gasteiger partial charge in [-0.2, -0.15) is 5.11 Å². The van der Waals surface area contributed by atoms with Crippen molar-refractivity contribution in [1.82, 2.24) is 0 Å². The lowest BCUT2D eigenvalue weighted by Crippen LogP contribution is -2.25. The van der Waals surface area contributed by atoms with E-state index in [2.05, 4.69) is 41.1 Å². The van der Waals surface area contributed by atoms with Gasteiger partial charge in [0.15, 0.2) is 5.75 Å². The molecular formula is C26H26N4O3. The maximum atomic E-state index is 11.1. The van der Waals surface area contributed by atoms with Crippen molar-refractivity contribution < 1.29 is 10.0 Å². The summed E-state index contributed by atoms with van der Waals surface area (Å²) in [4.78, 5) is 12.7. The lowest BCUT2D eigenvalue weighted by atomic mass is 10.00. The number of azo groups is 1. The van der Waals surface area contributed by atoms with Gasteiger partial charge in [0.25, 0.3) is 5.69 Å². The minimum absolute atomic E-state index is 0.00793. The Bertz CT molecular complexity index is 1330. The Morgan fingerprint density at radius 3 is 2.06 bits per heavy atom. The van der Waals surface area contributed by atoms with E-state index in [-0.39, 0.29) is 11.4 Å². The highest BCUT2D eigenvalue weighted by molar-refractivity contribution is 6.08.